The second-order valence-corrected chi connectivity index (χ2v) is 11.5. The van der Waals surface area contributed by atoms with E-state index in [0.717, 1.165) is 24.9 Å². The Morgan fingerprint density at radius 2 is 1.82 bits per heavy atom. The van der Waals surface area contributed by atoms with Crippen LogP contribution in [0, 0.1) is 0 Å². The molecular formula is C24H33N3O4S2. The molecule has 1 N–H and O–H groups in total. The van der Waals surface area contributed by atoms with Gasteiger partial charge in [-0.05, 0) is 55.5 Å². The van der Waals surface area contributed by atoms with E-state index in [1.807, 2.05) is 19.9 Å². The van der Waals surface area contributed by atoms with Crippen LogP contribution in [0.25, 0.3) is 0 Å². The van der Waals surface area contributed by atoms with Gasteiger partial charge in [-0.1, -0.05) is 20.3 Å². The van der Waals surface area contributed by atoms with Crippen LogP contribution in [0.3, 0.4) is 0 Å². The molecule has 1 aliphatic carbocycles. The molecule has 2 heterocycles. The molecule has 0 radical (unpaired) electrons. The Kier molecular flexibility index (Phi) is 7.73. The molecule has 9 heteroatoms. The zero-order chi connectivity index (χ0) is 23.4. The summed E-state index contributed by atoms with van der Waals surface area (Å²) in [7, 11) is -3.64. The van der Waals surface area contributed by atoms with Gasteiger partial charge in [0, 0.05) is 31.1 Å². The molecule has 1 fully saturated rings. The van der Waals surface area contributed by atoms with E-state index in [1.165, 1.54) is 27.6 Å². The van der Waals surface area contributed by atoms with E-state index >= 15 is 0 Å². The van der Waals surface area contributed by atoms with Crippen molar-refractivity contribution < 1.29 is 17.9 Å². The fourth-order valence-corrected chi connectivity index (χ4v) is 7.17. The van der Waals surface area contributed by atoms with Crippen molar-refractivity contribution >= 4 is 38.6 Å². The average Bonchev–Trinajstić information content (AvgIpc) is 3.11. The van der Waals surface area contributed by atoms with Gasteiger partial charge < -0.3 is 15.0 Å². The first-order valence-corrected chi connectivity index (χ1v) is 14.1. The summed E-state index contributed by atoms with van der Waals surface area (Å²) in [6, 6.07) is 7.07. The maximum absolute atomic E-state index is 13.3. The molecule has 0 unspecified atom stereocenters. The van der Waals surface area contributed by atoms with E-state index < -0.39 is 10.0 Å². The highest BCUT2D eigenvalue weighted by Crippen LogP contribution is 2.33. The summed E-state index contributed by atoms with van der Waals surface area (Å²) < 4.78 is 33.2. The van der Waals surface area contributed by atoms with Crippen LogP contribution >= 0.6 is 11.3 Å². The van der Waals surface area contributed by atoms with E-state index in [9.17, 15) is 13.2 Å². The number of aryl methyl sites for hydroxylation is 2. The van der Waals surface area contributed by atoms with E-state index in [0.29, 0.717) is 50.0 Å². The third-order valence-electron chi connectivity index (χ3n) is 6.38. The van der Waals surface area contributed by atoms with Crippen LogP contribution in [0.15, 0.2) is 29.2 Å². The van der Waals surface area contributed by atoms with Gasteiger partial charge in [0.25, 0.3) is 5.91 Å². The lowest BCUT2D eigenvalue weighted by molar-refractivity contribution is 0.103. The van der Waals surface area contributed by atoms with Crippen molar-refractivity contribution in [2.45, 2.75) is 50.8 Å². The number of nitrogens with one attached hydrogen (secondary N) is 1. The number of nitrogens with zero attached hydrogens (tertiary/aromatic N) is 2. The maximum atomic E-state index is 13.3. The standard InChI is InChI=1S/C24H33N3O4S2/c1-3-27(4-2)33(29,30)19-10-11-21(26-12-14-31-15-13-26)20(17-19)25-24(28)23-16-18-8-6-5-7-9-22(18)32-23/h10-11,16-17H,3-9,12-15H2,1-2H3,(H,25,28). The van der Waals surface area contributed by atoms with Gasteiger partial charge in [0.05, 0.1) is 34.4 Å². The zero-order valence-electron chi connectivity index (χ0n) is 19.4. The molecule has 4 rings (SSSR count). The second-order valence-electron chi connectivity index (χ2n) is 8.44. The number of hydrogen-bond donors (Lipinski definition) is 1. The highest BCUT2D eigenvalue weighted by atomic mass is 32.2. The summed E-state index contributed by atoms with van der Waals surface area (Å²) in [5, 5.41) is 3.04. The molecule has 33 heavy (non-hydrogen) atoms. The number of morpholine rings is 1. The summed E-state index contributed by atoms with van der Waals surface area (Å²) in [4.78, 5) is 17.6. The third kappa shape index (κ3) is 5.26. The molecule has 0 saturated carbocycles. The lowest BCUT2D eigenvalue weighted by atomic mass is 10.1. The largest absolute Gasteiger partial charge is 0.378 e. The number of anilines is 2. The number of ether oxygens (including phenoxy) is 1. The van der Waals surface area contributed by atoms with Crippen LogP contribution in [-0.4, -0.2) is 58.0 Å². The lowest BCUT2D eigenvalue weighted by Gasteiger charge is -2.31. The molecule has 7 nitrogen and oxygen atoms in total. The Labute approximate surface area is 200 Å². The van der Waals surface area contributed by atoms with E-state index in [4.69, 9.17) is 4.74 Å². The Hall–Kier alpha value is -1.94. The number of carbonyl (C=O) groups is 1. The van der Waals surface area contributed by atoms with Crippen LogP contribution in [-0.2, 0) is 27.6 Å². The number of fused-ring (bicyclic) bond motifs is 1. The van der Waals surface area contributed by atoms with Crippen LogP contribution in [0.4, 0.5) is 11.4 Å². The van der Waals surface area contributed by atoms with Gasteiger partial charge in [-0.3, -0.25) is 4.79 Å². The molecule has 1 aliphatic heterocycles. The Morgan fingerprint density at radius 1 is 1.09 bits per heavy atom. The maximum Gasteiger partial charge on any atom is 0.265 e. The molecule has 0 bridgehead atoms. The number of rotatable bonds is 7. The summed E-state index contributed by atoms with van der Waals surface area (Å²) in [6.07, 6.45) is 5.62. The number of sulfonamides is 1. The van der Waals surface area contributed by atoms with Gasteiger partial charge >= 0.3 is 0 Å². The fourth-order valence-electron chi connectivity index (χ4n) is 4.53. The predicted octanol–water partition coefficient (Wildman–Crippen LogP) is 4.14. The predicted molar refractivity (Wildman–Crippen MR) is 133 cm³/mol. The van der Waals surface area contributed by atoms with Crippen LogP contribution in [0.5, 0.6) is 0 Å². The first kappa shape index (κ1) is 24.2. The average molecular weight is 492 g/mol. The molecular weight excluding hydrogens is 458 g/mol. The minimum atomic E-state index is -3.64. The molecule has 1 aromatic carbocycles. The summed E-state index contributed by atoms with van der Waals surface area (Å²) in [5.74, 6) is -0.181. The van der Waals surface area contributed by atoms with Gasteiger partial charge in [-0.15, -0.1) is 11.3 Å². The normalized spacial score (nSPS) is 17.0. The number of hydrogen-bond acceptors (Lipinski definition) is 6. The SMILES string of the molecule is CCN(CC)S(=O)(=O)c1ccc(N2CCOCC2)c(NC(=O)c2cc3c(s2)CCCCC3)c1. The van der Waals surface area contributed by atoms with Crippen molar-refractivity contribution in [2.24, 2.45) is 0 Å². The minimum Gasteiger partial charge on any atom is -0.378 e. The van der Waals surface area contributed by atoms with E-state index in [2.05, 4.69) is 10.2 Å². The Balaban J connectivity index is 1.67. The van der Waals surface area contributed by atoms with Crippen LogP contribution < -0.4 is 10.2 Å². The summed E-state index contributed by atoms with van der Waals surface area (Å²) in [5.41, 5.74) is 2.64. The lowest BCUT2D eigenvalue weighted by Crippen LogP contribution is -2.37. The van der Waals surface area contributed by atoms with Gasteiger partial charge in [-0.2, -0.15) is 4.31 Å². The highest BCUT2D eigenvalue weighted by Gasteiger charge is 2.25. The number of carbonyl (C=O) groups excluding carboxylic acids is 1. The van der Waals surface area contributed by atoms with Gasteiger partial charge in [0.15, 0.2) is 0 Å². The zero-order valence-corrected chi connectivity index (χ0v) is 21.1. The molecule has 2 aliphatic rings. The van der Waals surface area contributed by atoms with Crippen molar-refractivity contribution in [3.05, 3.63) is 39.6 Å². The van der Waals surface area contributed by atoms with Crippen molar-refractivity contribution in [3.63, 3.8) is 0 Å². The number of thiophene rings is 1. The monoisotopic (exact) mass is 491 g/mol. The van der Waals surface area contributed by atoms with Crippen molar-refractivity contribution in [2.75, 3.05) is 49.6 Å². The molecule has 0 spiro atoms. The highest BCUT2D eigenvalue weighted by molar-refractivity contribution is 7.89. The smallest absolute Gasteiger partial charge is 0.265 e. The van der Waals surface area contributed by atoms with Crippen molar-refractivity contribution in [1.82, 2.24) is 4.31 Å². The topological polar surface area (TPSA) is 79.0 Å². The molecule has 180 valence electrons. The van der Waals surface area contributed by atoms with Crippen LogP contribution in [0.2, 0.25) is 0 Å². The first-order chi connectivity index (χ1) is 15.9. The number of benzene rings is 1. The van der Waals surface area contributed by atoms with Gasteiger partial charge in [0.1, 0.15) is 0 Å². The van der Waals surface area contributed by atoms with Crippen molar-refractivity contribution in [3.8, 4) is 0 Å². The first-order valence-electron chi connectivity index (χ1n) is 11.8. The second kappa shape index (κ2) is 10.5. The summed E-state index contributed by atoms with van der Waals surface area (Å²) in [6.45, 7) is 7.03. The number of amides is 1. The van der Waals surface area contributed by atoms with Gasteiger partial charge in [-0.25, -0.2) is 8.42 Å². The van der Waals surface area contributed by atoms with Crippen LogP contribution in [0.1, 0.15) is 53.2 Å². The minimum absolute atomic E-state index is 0.181. The fraction of sp³-hybridized carbons (Fsp3) is 0.542. The molecule has 1 saturated heterocycles. The van der Waals surface area contributed by atoms with Crippen molar-refractivity contribution in [1.29, 1.82) is 0 Å². The summed E-state index contributed by atoms with van der Waals surface area (Å²) >= 11 is 1.57. The Morgan fingerprint density at radius 3 is 2.55 bits per heavy atom. The molecule has 1 amide bonds. The van der Waals surface area contributed by atoms with Gasteiger partial charge in [0.2, 0.25) is 10.0 Å². The third-order valence-corrected chi connectivity index (χ3v) is 9.66. The van der Waals surface area contributed by atoms with E-state index in [-0.39, 0.29) is 10.8 Å². The quantitative estimate of drug-likeness (QED) is 0.589. The van der Waals surface area contributed by atoms with E-state index in [1.54, 1.807) is 29.5 Å². The molecule has 2 aromatic rings. The molecule has 1 aromatic heterocycles. The molecule has 0 atom stereocenters. The Bertz CT molecular complexity index is 1060.